The van der Waals surface area contributed by atoms with Gasteiger partial charge in [-0.05, 0) is 37.1 Å². The normalized spacial score (nSPS) is 17.0. The second-order valence-corrected chi connectivity index (χ2v) is 8.39. The number of phenolic OH excluding ortho intramolecular Hbond substituents is 1. The summed E-state index contributed by atoms with van der Waals surface area (Å²) in [5.74, 6) is 0.333. The molecule has 0 aromatic heterocycles. The third kappa shape index (κ3) is 5.45. The maximum atomic E-state index is 13.0. The van der Waals surface area contributed by atoms with Gasteiger partial charge >= 0.3 is 0 Å². The number of benzene rings is 2. The number of piperidine rings is 1. The van der Waals surface area contributed by atoms with E-state index in [0.29, 0.717) is 57.9 Å². The van der Waals surface area contributed by atoms with Crippen LogP contribution in [-0.4, -0.2) is 83.4 Å². The molecule has 2 aliphatic heterocycles. The van der Waals surface area contributed by atoms with E-state index in [1.165, 1.54) is 6.07 Å². The van der Waals surface area contributed by atoms with Crippen molar-refractivity contribution >= 4 is 17.7 Å². The molecule has 8 nitrogen and oxygen atoms in total. The van der Waals surface area contributed by atoms with Crippen LogP contribution in [0.25, 0.3) is 0 Å². The van der Waals surface area contributed by atoms with Crippen molar-refractivity contribution in [3.63, 3.8) is 0 Å². The van der Waals surface area contributed by atoms with Gasteiger partial charge in [0.15, 0.2) is 6.61 Å². The highest BCUT2D eigenvalue weighted by Gasteiger charge is 2.33. The Bertz CT molecular complexity index is 981. The lowest BCUT2D eigenvalue weighted by molar-refractivity contribution is -0.142. The van der Waals surface area contributed by atoms with Crippen molar-refractivity contribution in [2.75, 3.05) is 45.9 Å². The maximum Gasteiger partial charge on any atom is 0.260 e. The molecule has 2 aromatic carbocycles. The van der Waals surface area contributed by atoms with E-state index in [4.69, 9.17) is 4.74 Å². The smallest absolute Gasteiger partial charge is 0.260 e. The van der Waals surface area contributed by atoms with E-state index < -0.39 is 0 Å². The molecule has 0 bridgehead atoms. The van der Waals surface area contributed by atoms with E-state index in [0.717, 1.165) is 0 Å². The number of phenols is 1. The van der Waals surface area contributed by atoms with E-state index in [1.807, 2.05) is 35.2 Å². The van der Waals surface area contributed by atoms with Gasteiger partial charge in [0.05, 0.1) is 5.56 Å². The minimum atomic E-state index is -0.218. The summed E-state index contributed by atoms with van der Waals surface area (Å²) >= 11 is 0. The lowest BCUT2D eigenvalue weighted by atomic mass is 9.95. The summed E-state index contributed by atoms with van der Waals surface area (Å²) in [4.78, 5) is 43.3. The van der Waals surface area contributed by atoms with Crippen LogP contribution in [-0.2, 0) is 9.59 Å². The number of para-hydroxylation sites is 2. The molecule has 2 saturated heterocycles. The molecule has 0 radical (unpaired) electrons. The Morgan fingerprint density at radius 1 is 0.788 bits per heavy atom. The highest BCUT2D eigenvalue weighted by Crippen LogP contribution is 2.22. The van der Waals surface area contributed by atoms with Gasteiger partial charge in [0.1, 0.15) is 11.5 Å². The minimum Gasteiger partial charge on any atom is -0.507 e. The van der Waals surface area contributed by atoms with E-state index in [2.05, 4.69) is 0 Å². The molecular formula is C25H29N3O5. The van der Waals surface area contributed by atoms with Crippen molar-refractivity contribution in [3.05, 3.63) is 60.2 Å². The van der Waals surface area contributed by atoms with Gasteiger partial charge < -0.3 is 24.5 Å². The predicted octanol–water partition coefficient (Wildman–Crippen LogP) is 1.99. The van der Waals surface area contributed by atoms with Gasteiger partial charge in [0.2, 0.25) is 5.91 Å². The number of carbonyl (C=O) groups is 3. The molecule has 2 fully saturated rings. The summed E-state index contributed by atoms with van der Waals surface area (Å²) in [6.45, 7) is 2.90. The fourth-order valence-electron chi connectivity index (χ4n) is 4.34. The number of amides is 3. The molecule has 4 rings (SSSR count). The highest BCUT2D eigenvalue weighted by molar-refractivity contribution is 5.97. The summed E-state index contributed by atoms with van der Waals surface area (Å²) in [6.07, 6.45) is 1.26. The number of nitrogens with zero attached hydrogens (tertiary/aromatic N) is 3. The van der Waals surface area contributed by atoms with Gasteiger partial charge in [-0.2, -0.15) is 0 Å². The first-order chi connectivity index (χ1) is 16.0. The zero-order valence-corrected chi connectivity index (χ0v) is 18.6. The van der Waals surface area contributed by atoms with Crippen LogP contribution < -0.4 is 4.74 Å². The van der Waals surface area contributed by atoms with E-state index in [1.54, 1.807) is 28.0 Å². The van der Waals surface area contributed by atoms with Crippen molar-refractivity contribution in [2.24, 2.45) is 5.92 Å². The fraction of sp³-hybridized carbons (Fsp3) is 0.400. The van der Waals surface area contributed by atoms with Crippen LogP contribution in [0, 0.1) is 5.92 Å². The van der Waals surface area contributed by atoms with Gasteiger partial charge in [-0.25, -0.2) is 0 Å². The Kier molecular flexibility index (Phi) is 7.12. The minimum absolute atomic E-state index is 0.00438. The number of hydrogen-bond acceptors (Lipinski definition) is 5. The molecule has 8 heteroatoms. The van der Waals surface area contributed by atoms with Crippen LogP contribution in [0.1, 0.15) is 23.2 Å². The number of piperazine rings is 1. The van der Waals surface area contributed by atoms with Crippen LogP contribution in [0.2, 0.25) is 0 Å². The molecule has 2 aliphatic rings. The third-order valence-electron chi connectivity index (χ3n) is 6.32. The average Bonchev–Trinajstić information content (AvgIpc) is 2.87. The van der Waals surface area contributed by atoms with Crippen LogP contribution in [0.15, 0.2) is 54.6 Å². The van der Waals surface area contributed by atoms with Gasteiger partial charge in [0.25, 0.3) is 11.8 Å². The number of hydrogen-bond donors (Lipinski definition) is 1. The SMILES string of the molecule is O=C(COc1ccccc1)N1CCC(C(=O)N2CCN(C(=O)c3ccccc3O)CC2)CC1. The van der Waals surface area contributed by atoms with Crippen molar-refractivity contribution in [2.45, 2.75) is 12.8 Å². The Morgan fingerprint density at radius 2 is 1.39 bits per heavy atom. The average molecular weight is 452 g/mol. The zero-order valence-electron chi connectivity index (χ0n) is 18.6. The monoisotopic (exact) mass is 451 g/mol. The number of ether oxygens (including phenoxy) is 1. The summed E-state index contributed by atoms with van der Waals surface area (Å²) < 4.78 is 5.54. The van der Waals surface area contributed by atoms with Gasteiger partial charge in [-0.3, -0.25) is 14.4 Å². The Balaban J connectivity index is 1.21. The van der Waals surface area contributed by atoms with Gasteiger partial charge in [-0.15, -0.1) is 0 Å². The molecule has 1 N–H and O–H groups in total. The van der Waals surface area contributed by atoms with E-state index in [-0.39, 0.29) is 41.6 Å². The Labute approximate surface area is 193 Å². The second-order valence-electron chi connectivity index (χ2n) is 8.39. The zero-order chi connectivity index (χ0) is 23.2. The third-order valence-corrected chi connectivity index (χ3v) is 6.32. The number of likely N-dealkylation sites (tertiary alicyclic amines) is 1. The lowest BCUT2D eigenvalue weighted by Gasteiger charge is -2.38. The molecule has 2 aromatic rings. The number of rotatable bonds is 5. The van der Waals surface area contributed by atoms with Crippen molar-refractivity contribution in [1.82, 2.24) is 14.7 Å². The molecule has 0 saturated carbocycles. The molecule has 0 unspecified atom stereocenters. The van der Waals surface area contributed by atoms with E-state index >= 15 is 0 Å². The quantitative estimate of drug-likeness (QED) is 0.751. The molecule has 0 aliphatic carbocycles. The predicted molar refractivity (Wildman–Crippen MR) is 122 cm³/mol. The first-order valence-electron chi connectivity index (χ1n) is 11.3. The van der Waals surface area contributed by atoms with Gasteiger partial charge in [-0.1, -0.05) is 30.3 Å². The maximum absolute atomic E-state index is 13.0. The molecule has 2 heterocycles. The Hall–Kier alpha value is -3.55. The van der Waals surface area contributed by atoms with E-state index in [9.17, 15) is 19.5 Å². The van der Waals surface area contributed by atoms with Crippen molar-refractivity contribution in [3.8, 4) is 11.5 Å². The van der Waals surface area contributed by atoms with Crippen LogP contribution in [0.3, 0.4) is 0 Å². The fourth-order valence-corrected chi connectivity index (χ4v) is 4.34. The topological polar surface area (TPSA) is 90.4 Å². The second kappa shape index (κ2) is 10.4. The Morgan fingerprint density at radius 3 is 2.06 bits per heavy atom. The molecule has 3 amide bonds. The first-order valence-corrected chi connectivity index (χ1v) is 11.3. The summed E-state index contributed by atoms with van der Waals surface area (Å²) in [7, 11) is 0. The van der Waals surface area contributed by atoms with Crippen LogP contribution in [0.5, 0.6) is 11.5 Å². The number of aromatic hydroxyl groups is 1. The first kappa shape index (κ1) is 22.6. The summed E-state index contributed by atoms with van der Waals surface area (Å²) in [5, 5.41) is 9.93. The summed E-state index contributed by atoms with van der Waals surface area (Å²) in [6, 6.07) is 15.7. The van der Waals surface area contributed by atoms with Crippen molar-refractivity contribution < 1.29 is 24.2 Å². The molecular weight excluding hydrogens is 422 g/mol. The highest BCUT2D eigenvalue weighted by atomic mass is 16.5. The molecule has 33 heavy (non-hydrogen) atoms. The largest absolute Gasteiger partial charge is 0.507 e. The standard InChI is InChI=1S/C25H29N3O5/c29-22-9-5-4-8-21(22)25(32)28-16-14-27(15-17-28)24(31)19-10-12-26(13-11-19)23(30)18-33-20-6-2-1-3-7-20/h1-9,19,29H,10-18H2. The summed E-state index contributed by atoms with van der Waals surface area (Å²) in [5.41, 5.74) is 0.283. The molecule has 0 atom stereocenters. The number of carbonyl (C=O) groups excluding carboxylic acids is 3. The van der Waals surface area contributed by atoms with Crippen molar-refractivity contribution in [1.29, 1.82) is 0 Å². The molecule has 174 valence electrons. The van der Waals surface area contributed by atoms with Crippen LogP contribution in [0.4, 0.5) is 0 Å². The molecule has 0 spiro atoms. The van der Waals surface area contributed by atoms with Gasteiger partial charge in [0, 0.05) is 45.2 Å². The van der Waals surface area contributed by atoms with Crippen LogP contribution >= 0.6 is 0 Å². The lowest BCUT2D eigenvalue weighted by Crippen LogP contribution is -2.53.